The van der Waals surface area contributed by atoms with E-state index in [2.05, 4.69) is 32.8 Å². The van der Waals surface area contributed by atoms with Crippen LogP contribution in [-0.2, 0) is 54.4 Å². The molecule has 454 valence electrons. The van der Waals surface area contributed by atoms with E-state index in [1.807, 2.05) is 31.9 Å². The first-order chi connectivity index (χ1) is 39.6. The number of anilines is 2. The molecule has 84 heavy (non-hydrogen) atoms. The molecule has 2 saturated heterocycles. The van der Waals surface area contributed by atoms with Crippen LogP contribution in [0.15, 0.2) is 55.0 Å². The Kier molecular flexibility index (Phi) is 21.7. The van der Waals surface area contributed by atoms with Crippen molar-refractivity contribution >= 4 is 81.9 Å². The molecular formula is C58H80N14O12. The quantitative estimate of drug-likeness (QED) is 0.0886. The fourth-order valence-corrected chi connectivity index (χ4v) is 10.4. The van der Waals surface area contributed by atoms with Gasteiger partial charge in [-0.3, -0.25) is 47.8 Å². The van der Waals surface area contributed by atoms with Gasteiger partial charge in [-0.2, -0.15) is 5.26 Å². The van der Waals surface area contributed by atoms with Crippen molar-refractivity contribution < 1.29 is 57.4 Å². The number of ether oxygens (including phenoxy) is 2. The van der Waals surface area contributed by atoms with Gasteiger partial charge in [0.05, 0.1) is 37.1 Å². The number of likely N-dealkylation sites (tertiary alicyclic amines) is 2. The third-order valence-electron chi connectivity index (χ3n) is 15.2. The van der Waals surface area contributed by atoms with Gasteiger partial charge in [-0.25, -0.2) is 19.6 Å². The van der Waals surface area contributed by atoms with Crippen LogP contribution in [-0.4, -0.2) is 196 Å². The molecule has 26 nitrogen and oxygen atoms in total. The van der Waals surface area contributed by atoms with Gasteiger partial charge in [-0.15, -0.1) is 0 Å². The van der Waals surface area contributed by atoms with E-state index >= 15 is 0 Å². The number of likely N-dealkylation sites (N-methyl/N-ethyl adjacent to an activating group) is 3. The molecule has 0 bridgehead atoms. The number of fused-ring (bicyclic) bond motifs is 1. The molecule has 5 heterocycles. The lowest BCUT2D eigenvalue weighted by atomic mass is 9.89. The third-order valence-corrected chi connectivity index (χ3v) is 15.2. The van der Waals surface area contributed by atoms with E-state index < -0.39 is 88.7 Å². The monoisotopic (exact) mass is 1160 g/mol. The molecular weight excluding hydrogens is 1080 g/mol. The molecule has 6 rings (SSSR count). The van der Waals surface area contributed by atoms with E-state index in [1.165, 1.54) is 37.7 Å². The first-order valence-electron chi connectivity index (χ1n) is 28.1. The molecule has 5 atom stereocenters. The maximum Gasteiger partial charge on any atom is 0.409 e. The average molecular weight is 1170 g/mol. The molecule has 3 aliphatic rings. The van der Waals surface area contributed by atoms with Crippen LogP contribution < -0.4 is 26.6 Å². The molecule has 10 amide bonds. The van der Waals surface area contributed by atoms with Gasteiger partial charge in [0.25, 0.3) is 11.8 Å². The maximum absolute atomic E-state index is 14.0. The zero-order chi connectivity index (χ0) is 61.8. The topological polar surface area (TPSA) is 325 Å². The summed E-state index contributed by atoms with van der Waals surface area (Å²) in [6, 6.07) is 6.39. The summed E-state index contributed by atoms with van der Waals surface area (Å²) in [5.41, 5.74) is 5.59. The second-order valence-electron chi connectivity index (χ2n) is 23.9. The molecule has 2 fully saturated rings. The number of hydrogen-bond acceptors (Lipinski definition) is 16. The van der Waals surface area contributed by atoms with E-state index in [9.17, 15) is 47.9 Å². The van der Waals surface area contributed by atoms with Gasteiger partial charge < -0.3 is 55.7 Å². The number of nitrogens with one attached hydrogen (secondary N) is 3. The number of benzene rings is 1. The fourth-order valence-electron chi connectivity index (χ4n) is 10.4. The minimum atomic E-state index is -1.37. The number of amides is 10. The van der Waals surface area contributed by atoms with Crippen molar-refractivity contribution in [1.82, 2.24) is 49.7 Å². The first kappa shape index (κ1) is 64.7. The number of nitriles is 1. The Balaban J connectivity index is 0.952. The molecule has 5 N–H and O–H groups in total. The van der Waals surface area contributed by atoms with Crippen LogP contribution in [0, 0.1) is 34.0 Å². The largest absolute Gasteiger partial charge is 0.445 e. The summed E-state index contributed by atoms with van der Waals surface area (Å²) in [6.07, 6.45) is 5.46. The summed E-state index contributed by atoms with van der Waals surface area (Å²) in [7, 11) is 5.05. The zero-order valence-electron chi connectivity index (χ0n) is 49.7. The number of primary amides is 1. The van der Waals surface area contributed by atoms with Crippen molar-refractivity contribution in [2.75, 3.05) is 83.8 Å². The number of imide groups is 1. The van der Waals surface area contributed by atoms with Crippen molar-refractivity contribution in [2.45, 2.75) is 118 Å². The summed E-state index contributed by atoms with van der Waals surface area (Å²) < 4.78 is 12.9. The summed E-state index contributed by atoms with van der Waals surface area (Å²) in [5.74, 6) is -3.77. The SMILES string of the molecule is CC(C)C(NC(=O)[C@@H]1CCCN1C(=O)[C@H](CC(N)=O)NC(=O)CC(C)(C)COCC(C)(C)CN1C(=O)C=CC1=O)C(=O)Nc1ccc(COC(=O)N(C)CCN(C)C(=O)n2ccc3c(N(C)[C@H]4CN(C(=O)CC#N)CC[C@H]4C)ncnc32)cc1. The van der Waals surface area contributed by atoms with Crippen molar-refractivity contribution in [3.05, 3.63) is 60.6 Å². The smallest absolute Gasteiger partial charge is 0.409 e. The Morgan fingerprint density at radius 3 is 2.20 bits per heavy atom. The lowest BCUT2D eigenvalue weighted by Gasteiger charge is -2.42. The van der Waals surface area contributed by atoms with Gasteiger partial charge >= 0.3 is 12.1 Å². The van der Waals surface area contributed by atoms with Crippen LogP contribution in [0.2, 0.25) is 0 Å². The molecule has 1 unspecified atom stereocenters. The molecule has 0 saturated carbocycles. The lowest BCUT2D eigenvalue weighted by molar-refractivity contribution is -0.143. The van der Waals surface area contributed by atoms with Crippen LogP contribution in [0.25, 0.3) is 11.0 Å². The highest BCUT2D eigenvalue weighted by molar-refractivity contribution is 6.13. The van der Waals surface area contributed by atoms with E-state index in [0.29, 0.717) is 47.6 Å². The predicted molar refractivity (Wildman–Crippen MR) is 308 cm³/mol. The number of hydrogen-bond donors (Lipinski definition) is 4. The highest BCUT2D eigenvalue weighted by Crippen LogP contribution is 2.31. The number of carbonyl (C=O) groups is 10. The van der Waals surface area contributed by atoms with Gasteiger partial charge in [-0.05, 0) is 60.3 Å². The second-order valence-corrected chi connectivity index (χ2v) is 23.9. The number of piperidine rings is 1. The van der Waals surface area contributed by atoms with Crippen LogP contribution in [0.1, 0.15) is 92.6 Å². The number of carbonyl (C=O) groups excluding carboxylic acids is 10. The van der Waals surface area contributed by atoms with E-state index in [4.69, 9.17) is 20.5 Å². The molecule has 26 heteroatoms. The minimum Gasteiger partial charge on any atom is -0.445 e. The summed E-state index contributed by atoms with van der Waals surface area (Å²) >= 11 is 0. The van der Waals surface area contributed by atoms with Crippen LogP contribution in [0.5, 0.6) is 0 Å². The van der Waals surface area contributed by atoms with E-state index in [0.717, 1.165) is 11.3 Å². The summed E-state index contributed by atoms with van der Waals surface area (Å²) in [4.78, 5) is 149. The number of rotatable bonds is 25. The molecule has 0 aliphatic carbocycles. The van der Waals surface area contributed by atoms with Gasteiger partial charge in [0.2, 0.25) is 35.4 Å². The molecule has 0 spiro atoms. The van der Waals surface area contributed by atoms with Crippen molar-refractivity contribution in [2.24, 2.45) is 28.4 Å². The Morgan fingerprint density at radius 2 is 1.55 bits per heavy atom. The van der Waals surface area contributed by atoms with Crippen molar-refractivity contribution in [1.29, 1.82) is 5.26 Å². The fraction of sp³-hybridized carbons (Fsp3) is 0.569. The second kappa shape index (κ2) is 28.2. The van der Waals surface area contributed by atoms with Crippen molar-refractivity contribution in [3.8, 4) is 6.07 Å². The summed E-state index contributed by atoms with van der Waals surface area (Å²) in [5, 5.41) is 18.0. The van der Waals surface area contributed by atoms with Gasteiger partial charge in [0.15, 0.2) is 5.65 Å². The van der Waals surface area contributed by atoms with Gasteiger partial charge in [-0.1, -0.05) is 60.6 Å². The lowest BCUT2D eigenvalue weighted by Crippen LogP contribution is -2.57. The van der Waals surface area contributed by atoms with Gasteiger partial charge in [0, 0.05) is 96.3 Å². The van der Waals surface area contributed by atoms with E-state index in [-0.39, 0.29) is 89.2 Å². The van der Waals surface area contributed by atoms with Crippen LogP contribution in [0.4, 0.5) is 21.1 Å². The normalized spacial score (nSPS) is 17.8. The summed E-state index contributed by atoms with van der Waals surface area (Å²) in [6.45, 7) is 14.7. The highest BCUT2D eigenvalue weighted by atomic mass is 16.6. The minimum absolute atomic E-state index is 0.0842. The average Bonchev–Trinajstić information content (AvgIpc) is 3.97. The zero-order valence-corrected chi connectivity index (χ0v) is 49.7. The Morgan fingerprint density at radius 1 is 0.881 bits per heavy atom. The molecule has 1 aromatic carbocycles. The number of nitrogens with zero attached hydrogens (tertiary/aromatic N) is 10. The highest BCUT2D eigenvalue weighted by Gasteiger charge is 2.41. The number of aromatic nitrogens is 3. The molecule has 3 aromatic rings. The maximum atomic E-state index is 14.0. The number of nitrogens with two attached hydrogens (primary N) is 1. The Bertz CT molecular complexity index is 3010. The third kappa shape index (κ3) is 16.8. The van der Waals surface area contributed by atoms with E-state index in [1.54, 1.807) is 83.2 Å². The Hall–Kier alpha value is -8.47. The molecule has 2 aromatic heterocycles. The molecule has 3 aliphatic heterocycles. The Labute approximate surface area is 489 Å². The van der Waals surface area contributed by atoms with Crippen molar-refractivity contribution in [3.63, 3.8) is 0 Å². The van der Waals surface area contributed by atoms with Crippen LogP contribution in [0.3, 0.4) is 0 Å². The molecule has 0 radical (unpaired) electrons. The predicted octanol–water partition coefficient (Wildman–Crippen LogP) is 3.00. The van der Waals surface area contributed by atoms with Gasteiger partial charge in [0.1, 0.15) is 43.3 Å². The van der Waals surface area contributed by atoms with Crippen LogP contribution >= 0.6 is 0 Å². The first-order valence-corrected chi connectivity index (χ1v) is 28.1. The standard InChI is InChI=1S/C58H80N14O12/c1-36(2)49(65-52(78)42-12-11-23-70(42)54(80)41(28-44(60)73)64-45(74)29-57(4,5)33-83-34-58(6,7)32-72-47(76)17-18-48(72)77)53(79)63-39-15-13-38(14-16-39)31-84-56(82)67(9)27-26-66(8)55(81)71-25-21-40-50(61-35-62-51(40)71)68(10)43-30-69(24-20-37(43)3)46(75)19-22-59/h13-18,21,25,35-37,41-43,49H,11-12,19-20,23-24,26-34H2,1-10H3,(H2,60,73)(H,63,79)(H,64,74)(H,65,78)/t37-,41+,42+,43+,49?/m1/s1.